The van der Waals surface area contributed by atoms with E-state index in [9.17, 15) is 4.79 Å². The van der Waals surface area contributed by atoms with E-state index in [0.29, 0.717) is 10.6 Å². The molecule has 0 spiro atoms. The molecule has 4 heteroatoms. The first-order valence-corrected chi connectivity index (χ1v) is 6.88. The zero-order valence-electron chi connectivity index (χ0n) is 9.80. The van der Waals surface area contributed by atoms with Crippen LogP contribution in [0.2, 0.25) is 5.02 Å². The van der Waals surface area contributed by atoms with Crippen molar-refractivity contribution in [1.82, 2.24) is 0 Å². The van der Waals surface area contributed by atoms with E-state index in [1.165, 1.54) is 17.8 Å². The fourth-order valence-electron chi connectivity index (χ4n) is 1.80. The molecule has 0 aliphatic rings. The van der Waals surface area contributed by atoms with Crippen molar-refractivity contribution in [2.75, 3.05) is 0 Å². The normalized spacial score (nSPS) is 10.8. The van der Waals surface area contributed by atoms with Crippen molar-refractivity contribution < 1.29 is 4.42 Å². The van der Waals surface area contributed by atoms with Gasteiger partial charge in [-0.1, -0.05) is 41.6 Å². The molecule has 0 aliphatic heterocycles. The molecule has 0 N–H and O–H groups in total. The Balaban J connectivity index is 2.09. The fourth-order valence-corrected chi connectivity index (χ4v) is 2.88. The molecule has 3 aromatic rings. The van der Waals surface area contributed by atoms with Gasteiger partial charge in [0.15, 0.2) is 0 Å². The second kappa shape index (κ2) is 5.11. The van der Waals surface area contributed by atoms with Crippen LogP contribution in [0.3, 0.4) is 0 Å². The van der Waals surface area contributed by atoms with Gasteiger partial charge in [-0.05, 0) is 30.3 Å². The highest BCUT2D eigenvalue weighted by atomic mass is 35.5. The number of rotatable bonds is 2. The van der Waals surface area contributed by atoms with Crippen LogP contribution in [0.25, 0.3) is 11.0 Å². The Bertz CT molecular complexity index is 778. The van der Waals surface area contributed by atoms with Crippen molar-refractivity contribution >= 4 is 34.3 Å². The minimum atomic E-state index is -0.338. The Morgan fingerprint density at radius 2 is 1.74 bits per heavy atom. The SMILES string of the molecule is O=c1cc(Sc2ccc(Cl)cc2)c2ccccc2o1. The molecule has 19 heavy (non-hydrogen) atoms. The minimum Gasteiger partial charge on any atom is -0.423 e. The number of para-hydroxylation sites is 1. The molecule has 0 aliphatic carbocycles. The average Bonchev–Trinajstić information content (AvgIpc) is 2.41. The Morgan fingerprint density at radius 1 is 1.00 bits per heavy atom. The molecule has 2 nitrogen and oxygen atoms in total. The summed E-state index contributed by atoms with van der Waals surface area (Å²) in [5.74, 6) is 0. The average molecular weight is 289 g/mol. The quantitative estimate of drug-likeness (QED) is 0.646. The third kappa shape index (κ3) is 2.67. The number of hydrogen-bond acceptors (Lipinski definition) is 3. The second-order valence-corrected chi connectivity index (χ2v) is 5.53. The number of benzene rings is 2. The molecule has 0 radical (unpaired) electrons. The first-order chi connectivity index (χ1) is 9.22. The van der Waals surface area contributed by atoms with Gasteiger partial charge in [-0.3, -0.25) is 0 Å². The summed E-state index contributed by atoms with van der Waals surface area (Å²) >= 11 is 7.38. The summed E-state index contributed by atoms with van der Waals surface area (Å²) in [6, 6.07) is 16.5. The van der Waals surface area contributed by atoms with E-state index in [1.54, 1.807) is 6.07 Å². The van der Waals surface area contributed by atoms with Crippen molar-refractivity contribution in [3.05, 3.63) is 70.0 Å². The molecular weight excluding hydrogens is 280 g/mol. The van der Waals surface area contributed by atoms with Gasteiger partial charge < -0.3 is 4.42 Å². The van der Waals surface area contributed by atoms with Gasteiger partial charge in [0.1, 0.15) is 5.58 Å². The van der Waals surface area contributed by atoms with Crippen molar-refractivity contribution in [1.29, 1.82) is 0 Å². The molecule has 0 saturated heterocycles. The van der Waals surface area contributed by atoms with Crippen molar-refractivity contribution in [3.63, 3.8) is 0 Å². The van der Waals surface area contributed by atoms with Gasteiger partial charge in [-0.15, -0.1) is 0 Å². The van der Waals surface area contributed by atoms with Crippen molar-refractivity contribution in [2.45, 2.75) is 9.79 Å². The highest BCUT2D eigenvalue weighted by molar-refractivity contribution is 7.99. The van der Waals surface area contributed by atoms with E-state index < -0.39 is 0 Å². The van der Waals surface area contributed by atoms with E-state index in [2.05, 4.69) is 0 Å². The van der Waals surface area contributed by atoms with Gasteiger partial charge in [0.25, 0.3) is 0 Å². The molecule has 0 bridgehead atoms. The molecule has 3 rings (SSSR count). The lowest BCUT2D eigenvalue weighted by atomic mass is 10.2. The van der Waals surface area contributed by atoms with Gasteiger partial charge in [0.2, 0.25) is 0 Å². The second-order valence-electron chi connectivity index (χ2n) is 3.98. The Morgan fingerprint density at radius 3 is 2.53 bits per heavy atom. The molecule has 1 heterocycles. The Labute approximate surface area is 119 Å². The summed E-state index contributed by atoms with van der Waals surface area (Å²) in [6.07, 6.45) is 0. The summed E-state index contributed by atoms with van der Waals surface area (Å²) in [6.45, 7) is 0. The van der Waals surface area contributed by atoms with Gasteiger partial charge >= 0.3 is 5.63 Å². The van der Waals surface area contributed by atoms with E-state index >= 15 is 0 Å². The third-order valence-corrected chi connectivity index (χ3v) is 3.97. The number of hydrogen-bond donors (Lipinski definition) is 0. The molecule has 0 amide bonds. The van der Waals surface area contributed by atoms with Crippen LogP contribution in [0.1, 0.15) is 0 Å². The van der Waals surface area contributed by atoms with E-state index in [1.807, 2.05) is 42.5 Å². The largest absolute Gasteiger partial charge is 0.423 e. The summed E-state index contributed by atoms with van der Waals surface area (Å²) in [7, 11) is 0. The summed E-state index contributed by atoms with van der Waals surface area (Å²) in [5, 5.41) is 1.63. The van der Waals surface area contributed by atoms with Crippen LogP contribution in [-0.4, -0.2) is 0 Å². The van der Waals surface area contributed by atoms with Crippen LogP contribution >= 0.6 is 23.4 Å². The predicted octanol–water partition coefficient (Wildman–Crippen LogP) is 4.60. The maximum Gasteiger partial charge on any atom is 0.337 e. The molecule has 94 valence electrons. The Kier molecular flexibility index (Phi) is 3.32. The van der Waals surface area contributed by atoms with Crippen LogP contribution in [0.15, 0.2) is 73.6 Å². The third-order valence-electron chi connectivity index (χ3n) is 2.65. The zero-order valence-corrected chi connectivity index (χ0v) is 11.4. The van der Waals surface area contributed by atoms with Crippen molar-refractivity contribution in [2.24, 2.45) is 0 Å². The Hall–Kier alpha value is -1.71. The van der Waals surface area contributed by atoms with Crippen molar-refractivity contribution in [3.8, 4) is 0 Å². The standard InChI is InChI=1S/C15H9ClO2S/c16-10-5-7-11(8-6-10)19-14-9-15(17)18-13-4-2-1-3-12(13)14/h1-9H. The van der Waals surface area contributed by atoms with Crippen LogP contribution in [0.5, 0.6) is 0 Å². The molecular formula is C15H9ClO2S. The monoisotopic (exact) mass is 288 g/mol. The van der Waals surface area contributed by atoms with Gasteiger partial charge in [0, 0.05) is 26.3 Å². The van der Waals surface area contributed by atoms with Crippen LogP contribution in [-0.2, 0) is 0 Å². The maximum atomic E-state index is 11.5. The van der Waals surface area contributed by atoms with E-state index in [0.717, 1.165) is 15.2 Å². The molecule has 2 aromatic carbocycles. The molecule has 0 saturated carbocycles. The maximum absolute atomic E-state index is 11.5. The lowest BCUT2D eigenvalue weighted by molar-refractivity contribution is 0.557. The summed E-state index contributed by atoms with van der Waals surface area (Å²) < 4.78 is 5.17. The zero-order chi connectivity index (χ0) is 13.2. The van der Waals surface area contributed by atoms with Gasteiger partial charge in [-0.2, -0.15) is 0 Å². The highest BCUT2D eigenvalue weighted by Crippen LogP contribution is 2.32. The van der Waals surface area contributed by atoms with Gasteiger partial charge in [-0.25, -0.2) is 4.79 Å². The minimum absolute atomic E-state index is 0.338. The smallest absolute Gasteiger partial charge is 0.337 e. The van der Waals surface area contributed by atoms with Crippen LogP contribution < -0.4 is 5.63 Å². The first kappa shape index (κ1) is 12.3. The highest BCUT2D eigenvalue weighted by Gasteiger charge is 2.06. The molecule has 1 aromatic heterocycles. The predicted molar refractivity (Wildman–Crippen MR) is 78.1 cm³/mol. The van der Waals surface area contributed by atoms with E-state index in [-0.39, 0.29) is 5.63 Å². The summed E-state index contributed by atoms with van der Waals surface area (Å²) in [4.78, 5) is 13.5. The van der Waals surface area contributed by atoms with Crippen LogP contribution in [0.4, 0.5) is 0 Å². The van der Waals surface area contributed by atoms with E-state index in [4.69, 9.17) is 16.0 Å². The topological polar surface area (TPSA) is 30.2 Å². The molecule has 0 atom stereocenters. The van der Waals surface area contributed by atoms with Crippen LogP contribution in [0, 0.1) is 0 Å². The number of halogens is 1. The fraction of sp³-hybridized carbons (Fsp3) is 0. The first-order valence-electron chi connectivity index (χ1n) is 5.69. The molecule has 0 unspecified atom stereocenters. The van der Waals surface area contributed by atoms with Gasteiger partial charge in [0.05, 0.1) is 0 Å². The lowest BCUT2D eigenvalue weighted by Gasteiger charge is -2.04. The lowest BCUT2D eigenvalue weighted by Crippen LogP contribution is -1.96. The molecule has 0 fully saturated rings. The summed E-state index contributed by atoms with van der Waals surface area (Å²) in [5.41, 5.74) is 0.265. The number of fused-ring (bicyclic) bond motifs is 1.